The van der Waals surface area contributed by atoms with Crippen molar-refractivity contribution in [1.82, 2.24) is 9.21 Å². The molecule has 0 atom stereocenters. The number of carbonyl (C=O) groups excluding carboxylic acids is 1. The first-order valence-electron chi connectivity index (χ1n) is 8.77. The lowest BCUT2D eigenvalue weighted by Gasteiger charge is -2.33. The highest BCUT2D eigenvalue weighted by molar-refractivity contribution is 7.89. The molecule has 1 heterocycles. The normalized spacial score (nSPS) is 16.6. The van der Waals surface area contributed by atoms with Crippen LogP contribution in [-0.4, -0.2) is 62.0 Å². The lowest BCUT2D eigenvalue weighted by molar-refractivity contribution is -0.117. The van der Waals surface area contributed by atoms with E-state index in [2.05, 4.69) is 5.32 Å². The molecule has 1 amide bonds. The molecule has 1 saturated heterocycles. The number of sulfonamides is 1. The van der Waals surface area contributed by atoms with Crippen LogP contribution in [0.25, 0.3) is 0 Å². The summed E-state index contributed by atoms with van der Waals surface area (Å²) in [7, 11) is -3.19. The number of piperazine rings is 1. The zero-order valence-electron chi connectivity index (χ0n) is 14.9. The highest BCUT2D eigenvalue weighted by Crippen LogP contribution is 2.29. The van der Waals surface area contributed by atoms with Gasteiger partial charge in [-0.15, -0.1) is 0 Å². The van der Waals surface area contributed by atoms with Gasteiger partial charge in [-0.25, -0.2) is 8.42 Å². The van der Waals surface area contributed by atoms with Crippen molar-refractivity contribution in [3.05, 3.63) is 28.2 Å². The number of nitrogens with zero attached hydrogens (tertiary/aromatic N) is 2. The largest absolute Gasteiger partial charge is 0.324 e. The van der Waals surface area contributed by atoms with Crippen LogP contribution in [0.5, 0.6) is 0 Å². The third-order valence-corrected chi connectivity index (χ3v) is 7.10. The Hall–Kier alpha value is -0.860. The maximum atomic E-state index is 12.3. The van der Waals surface area contributed by atoms with Crippen LogP contribution in [0, 0.1) is 0 Å². The Bertz CT molecular complexity index is 720. The van der Waals surface area contributed by atoms with E-state index in [0.29, 0.717) is 48.3 Å². The van der Waals surface area contributed by atoms with Crippen molar-refractivity contribution in [2.45, 2.75) is 26.2 Å². The molecule has 0 spiro atoms. The molecule has 2 rings (SSSR count). The predicted molar refractivity (Wildman–Crippen MR) is 106 cm³/mol. The molecule has 1 aliphatic heterocycles. The number of carbonyl (C=O) groups is 1. The van der Waals surface area contributed by atoms with Gasteiger partial charge in [-0.1, -0.05) is 49.0 Å². The number of anilines is 1. The monoisotopic (exact) mass is 421 g/mol. The van der Waals surface area contributed by atoms with Crippen LogP contribution >= 0.6 is 23.2 Å². The third-order valence-electron chi connectivity index (χ3n) is 4.32. The molecule has 26 heavy (non-hydrogen) atoms. The number of unbranched alkanes of at least 4 members (excludes halogenated alkanes) is 2. The highest BCUT2D eigenvalue weighted by atomic mass is 35.5. The number of hydrogen-bond acceptors (Lipinski definition) is 4. The van der Waals surface area contributed by atoms with Crippen molar-refractivity contribution in [2.75, 3.05) is 43.8 Å². The number of nitrogens with one attached hydrogen (secondary N) is 1. The lowest BCUT2D eigenvalue weighted by Crippen LogP contribution is -2.50. The van der Waals surface area contributed by atoms with Gasteiger partial charge in [0.05, 0.1) is 28.0 Å². The van der Waals surface area contributed by atoms with Gasteiger partial charge >= 0.3 is 0 Å². The molecule has 0 aromatic heterocycles. The minimum Gasteiger partial charge on any atom is -0.324 e. The fraction of sp³-hybridized carbons (Fsp3) is 0.588. The second-order valence-electron chi connectivity index (χ2n) is 6.35. The summed E-state index contributed by atoms with van der Waals surface area (Å²) < 4.78 is 26.1. The van der Waals surface area contributed by atoms with Gasteiger partial charge < -0.3 is 5.32 Å². The Morgan fingerprint density at radius 1 is 1.15 bits per heavy atom. The highest BCUT2D eigenvalue weighted by Gasteiger charge is 2.27. The molecule has 6 nitrogen and oxygen atoms in total. The Kier molecular flexibility index (Phi) is 8.16. The molecule has 0 unspecified atom stereocenters. The zero-order valence-corrected chi connectivity index (χ0v) is 17.2. The smallest absolute Gasteiger partial charge is 0.238 e. The summed E-state index contributed by atoms with van der Waals surface area (Å²) in [6, 6.07) is 5.05. The van der Waals surface area contributed by atoms with Crippen LogP contribution in [0.3, 0.4) is 0 Å². The molecule has 1 aromatic rings. The van der Waals surface area contributed by atoms with E-state index in [1.807, 2.05) is 11.8 Å². The number of benzene rings is 1. The summed E-state index contributed by atoms with van der Waals surface area (Å²) in [5, 5.41) is 3.44. The van der Waals surface area contributed by atoms with Crippen LogP contribution in [0.2, 0.25) is 10.0 Å². The first-order valence-corrected chi connectivity index (χ1v) is 11.1. The van der Waals surface area contributed by atoms with Gasteiger partial charge in [0.1, 0.15) is 0 Å². The zero-order chi connectivity index (χ0) is 19.2. The number of rotatable bonds is 8. The molecule has 0 aliphatic carbocycles. The molecule has 146 valence electrons. The van der Waals surface area contributed by atoms with E-state index in [4.69, 9.17) is 23.2 Å². The fourth-order valence-corrected chi connectivity index (χ4v) is 4.72. The van der Waals surface area contributed by atoms with Crippen molar-refractivity contribution in [2.24, 2.45) is 0 Å². The van der Waals surface area contributed by atoms with Gasteiger partial charge in [-0.3, -0.25) is 9.69 Å². The van der Waals surface area contributed by atoms with E-state index in [1.165, 1.54) is 4.31 Å². The van der Waals surface area contributed by atoms with Gasteiger partial charge in [0.2, 0.25) is 15.9 Å². The topological polar surface area (TPSA) is 69.7 Å². The molecule has 1 aromatic carbocycles. The summed E-state index contributed by atoms with van der Waals surface area (Å²) in [6.45, 7) is 4.13. The van der Waals surface area contributed by atoms with E-state index in [-0.39, 0.29) is 18.2 Å². The third kappa shape index (κ3) is 6.09. The van der Waals surface area contributed by atoms with Gasteiger partial charge in [0, 0.05) is 26.2 Å². The average Bonchev–Trinajstić information content (AvgIpc) is 2.59. The molecule has 0 bridgehead atoms. The van der Waals surface area contributed by atoms with Crippen molar-refractivity contribution < 1.29 is 13.2 Å². The maximum Gasteiger partial charge on any atom is 0.238 e. The van der Waals surface area contributed by atoms with Gasteiger partial charge in [0.15, 0.2) is 0 Å². The fourth-order valence-electron chi connectivity index (χ4n) is 2.82. The summed E-state index contributed by atoms with van der Waals surface area (Å²) in [5.41, 5.74) is 0.473. The van der Waals surface area contributed by atoms with Crippen molar-refractivity contribution >= 4 is 44.8 Å². The van der Waals surface area contributed by atoms with E-state index in [0.717, 1.165) is 12.8 Å². The van der Waals surface area contributed by atoms with Crippen LogP contribution in [0.1, 0.15) is 26.2 Å². The molecular weight excluding hydrogens is 397 g/mol. The van der Waals surface area contributed by atoms with Crippen LogP contribution in [0.15, 0.2) is 18.2 Å². The average molecular weight is 422 g/mol. The molecule has 1 fully saturated rings. The molecular formula is C17H25Cl2N3O3S. The van der Waals surface area contributed by atoms with Crippen molar-refractivity contribution in [3.63, 3.8) is 0 Å². The van der Waals surface area contributed by atoms with E-state index in [1.54, 1.807) is 18.2 Å². The summed E-state index contributed by atoms with van der Waals surface area (Å²) in [5.74, 6) is 0.00243. The Morgan fingerprint density at radius 2 is 1.85 bits per heavy atom. The second kappa shape index (κ2) is 9.90. The summed E-state index contributed by atoms with van der Waals surface area (Å²) >= 11 is 12.0. The van der Waals surface area contributed by atoms with E-state index in [9.17, 15) is 13.2 Å². The molecule has 0 saturated carbocycles. The van der Waals surface area contributed by atoms with Gasteiger partial charge in [0.25, 0.3) is 0 Å². The minimum atomic E-state index is -3.19. The van der Waals surface area contributed by atoms with Gasteiger partial charge in [-0.05, 0) is 18.6 Å². The second-order valence-corrected chi connectivity index (χ2v) is 9.22. The quantitative estimate of drug-likeness (QED) is 0.654. The van der Waals surface area contributed by atoms with Crippen LogP contribution in [0.4, 0.5) is 5.69 Å². The molecule has 1 aliphatic rings. The lowest BCUT2D eigenvalue weighted by atomic mass is 10.3. The van der Waals surface area contributed by atoms with Crippen molar-refractivity contribution in [1.29, 1.82) is 0 Å². The number of amides is 1. The number of halogens is 2. The van der Waals surface area contributed by atoms with Crippen molar-refractivity contribution in [3.8, 4) is 0 Å². The predicted octanol–water partition coefficient (Wildman–Crippen LogP) is 3.07. The molecule has 1 N–H and O–H groups in total. The first-order chi connectivity index (χ1) is 12.3. The Balaban J connectivity index is 1.81. The Morgan fingerprint density at radius 3 is 2.50 bits per heavy atom. The molecule has 0 radical (unpaired) electrons. The molecule has 9 heteroatoms. The first kappa shape index (κ1) is 21.4. The maximum absolute atomic E-state index is 12.3. The number of hydrogen-bond donors (Lipinski definition) is 1. The van der Waals surface area contributed by atoms with Crippen LogP contribution < -0.4 is 5.32 Å². The summed E-state index contributed by atoms with van der Waals surface area (Å²) in [6.07, 6.45) is 2.61. The summed E-state index contributed by atoms with van der Waals surface area (Å²) in [4.78, 5) is 14.1. The SMILES string of the molecule is CCCCCS(=O)(=O)N1CCN(CC(=O)Nc2cccc(Cl)c2Cl)CC1. The minimum absolute atomic E-state index is 0.187. The van der Waals surface area contributed by atoms with E-state index < -0.39 is 10.0 Å². The van der Waals surface area contributed by atoms with Crippen LogP contribution in [-0.2, 0) is 14.8 Å². The van der Waals surface area contributed by atoms with E-state index >= 15 is 0 Å². The van der Waals surface area contributed by atoms with Gasteiger partial charge in [-0.2, -0.15) is 4.31 Å². The Labute approximate surface area is 165 Å². The standard InChI is InChI=1S/C17H25Cl2N3O3S/c1-2-3-4-12-26(24,25)22-10-8-21(9-11-22)13-16(23)20-15-7-5-6-14(18)17(15)19/h5-7H,2-4,8-13H2,1H3,(H,20,23).